The number of rotatable bonds is 6. The lowest BCUT2D eigenvalue weighted by Gasteiger charge is -2.40. The Balaban J connectivity index is 1.48. The monoisotopic (exact) mass is 380 g/mol. The summed E-state index contributed by atoms with van der Waals surface area (Å²) in [5.74, 6) is 1.79. The summed E-state index contributed by atoms with van der Waals surface area (Å²) in [6, 6.07) is 16.1. The summed E-state index contributed by atoms with van der Waals surface area (Å²) in [6.45, 7) is 2.99. The van der Waals surface area contributed by atoms with Crippen molar-refractivity contribution in [1.82, 2.24) is 10.2 Å². The number of ether oxygens (including phenoxy) is 2. The molecule has 2 aromatic rings. The molecule has 1 N–H and O–H groups in total. The van der Waals surface area contributed by atoms with Crippen LogP contribution in [0.15, 0.2) is 48.5 Å². The Bertz CT molecular complexity index is 824. The zero-order valence-electron chi connectivity index (χ0n) is 16.4. The summed E-state index contributed by atoms with van der Waals surface area (Å²) in [4.78, 5) is 15.0. The van der Waals surface area contributed by atoms with Crippen molar-refractivity contribution < 1.29 is 14.3 Å². The van der Waals surface area contributed by atoms with Crippen LogP contribution in [0.25, 0.3) is 0 Å². The number of carbonyl (C=O) groups excluding carboxylic acids is 1. The van der Waals surface area contributed by atoms with E-state index in [9.17, 15) is 4.79 Å². The van der Waals surface area contributed by atoms with E-state index in [-0.39, 0.29) is 11.4 Å². The first-order valence-corrected chi connectivity index (χ1v) is 10.1. The second-order valence-electron chi connectivity index (χ2n) is 7.66. The molecule has 5 heteroatoms. The number of nitrogens with zero attached hydrogens (tertiary/aromatic N) is 1. The molecule has 2 saturated heterocycles. The van der Waals surface area contributed by atoms with Gasteiger partial charge in [0.15, 0.2) is 0 Å². The second-order valence-corrected chi connectivity index (χ2v) is 7.66. The maximum atomic E-state index is 12.6. The Morgan fingerprint density at radius 3 is 2.71 bits per heavy atom. The third-order valence-electron chi connectivity index (χ3n) is 5.97. The highest BCUT2D eigenvalue weighted by Gasteiger charge is 2.48. The Labute approximate surface area is 166 Å². The van der Waals surface area contributed by atoms with Gasteiger partial charge in [-0.3, -0.25) is 9.69 Å². The average molecular weight is 380 g/mol. The quantitative estimate of drug-likeness (QED) is 0.833. The molecule has 0 bridgehead atoms. The summed E-state index contributed by atoms with van der Waals surface area (Å²) in [5, 5.41) is 3.07. The molecule has 1 unspecified atom stereocenters. The van der Waals surface area contributed by atoms with Gasteiger partial charge in [-0.1, -0.05) is 36.4 Å². The molecule has 2 aliphatic heterocycles. The summed E-state index contributed by atoms with van der Waals surface area (Å²) in [7, 11) is 1.69. The van der Waals surface area contributed by atoms with Crippen molar-refractivity contribution in [2.24, 2.45) is 0 Å². The first-order valence-electron chi connectivity index (χ1n) is 10.1. The van der Waals surface area contributed by atoms with Crippen LogP contribution in [0, 0.1) is 0 Å². The van der Waals surface area contributed by atoms with E-state index in [1.54, 1.807) is 7.11 Å². The standard InChI is InChI=1S/C23H28N2O3/c1-27-21-15-20(28-17-18-7-3-2-4-8-18)10-9-19(21)16-25-14-6-12-23(25)11-5-13-24-22(23)26/h2-4,7-10,15H,5-6,11-14,16-17H2,1H3,(H,24,26). The smallest absolute Gasteiger partial charge is 0.240 e. The normalized spacial score (nSPS) is 22.2. The first-order chi connectivity index (χ1) is 13.7. The van der Waals surface area contributed by atoms with E-state index >= 15 is 0 Å². The molecule has 2 aromatic carbocycles. The highest BCUT2D eigenvalue weighted by Crippen LogP contribution is 2.38. The van der Waals surface area contributed by atoms with Crippen molar-refractivity contribution in [2.75, 3.05) is 20.2 Å². The van der Waals surface area contributed by atoms with Gasteiger partial charge in [-0.05, 0) is 43.9 Å². The van der Waals surface area contributed by atoms with E-state index in [0.29, 0.717) is 6.61 Å². The average Bonchev–Trinajstić information content (AvgIpc) is 3.13. The van der Waals surface area contributed by atoms with E-state index in [0.717, 1.165) is 67.9 Å². The summed E-state index contributed by atoms with van der Waals surface area (Å²) < 4.78 is 11.6. The van der Waals surface area contributed by atoms with Crippen LogP contribution in [0.3, 0.4) is 0 Å². The fraction of sp³-hybridized carbons (Fsp3) is 0.435. The number of hydrogen-bond acceptors (Lipinski definition) is 4. The van der Waals surface area contributed by atoms with E-state index < -0.39 is 0 Å². The van der Waals surface area contributed by atoms with E-state index in [1.807, 2.05) is 42.5 Å². The van der Waals surface area contributed by atoms with Gasteiger partial charge in [-0.15, -0.1) is 0 Å². The molecule has 5 nitrogen and oxygen atoms in total. The zero-order valence-corrected chi connectivity index (χ0v) is 16.4. The molecule has 0 aliphatic carbocycles. The minimum atomic E-state index is -0.342. The molecule has 1 atom stereocenters. The van der Waals surface area contributed by atoms with Gasteiger partial charge in [0.25, 0.3) is 0 Å². The lowest BCUT2D eigenvalue weighted by molar-refractivity contribution is -0.134. The number of nitrogens with one attached hydrogen (secondary N) is 1. The molecule has 2 fully saturated rings. The first kappa shape index (κ1) is 18.8. The fourth-order valence-electron chi connectivity index (χ4n) is 4.46. The lowest BCUT2D eigenvalue weighted by Crippen LogP contribution is -2.58. The molecule has 148 valence electrons. The Morgan fingerprint density at radius 1 is 1.11 bits per heavy atom. The van der Waals surface area contributed by atoms with Crippen molar-refractivity contribution in [3.05, 3.63) is 59.7 Å². The van der Waals surface area contributed by atoms with Crippen molar-refractivity contribution in [3.63, 3.8) is 0 Å². The zero-order chi connectivity index (χ0) is 19.4. The van der Waals surface area contributed by atoms with Crippen LogP contribution in [0.1, 0.15) is 36.8 Å². The predicted molar refractivity (Wildman–Crippen MR) is 108 cm³/mol. The Morgan fingerprint density at radius 2 is 1.93 bits per heavy atom. The van der Waals surface area contributed by atoms with Gasteiger partial charge < -0.3 is 14.8 Å². The number of amides is 1. The summed E-state index contributed by atoms with van der Waals surface area (Å²) in [5.41, 5.74) is 1.88. The minimum absolute atomic E-state index is 0.193. The number of piperidine rings is 1. The van der Waals surface area contributed by atoms with E-state index in [4.69, 9.17) is 9.47 Å². The molecule has 28 heavy (non-hydrogen) atoms. The molecule has 2 aliphatic rings. The third kappa shape index (κ3) is 3.72. The molecule has 0 aromatic heterocycles. The highest BCUT2D eigenvalue weighted by atomic mass is 16.5. The predicted octanol–water partition coefficient (Wildman–Crippen LogP) is 3.52. The van der Waals surface area contributed by atoms with Crippen LogP contribution < -0.4 is 14.8 Å². The van der Waals surface area contributed by atoms with Crippen LogP contribution in [0.4, 0.5) is 0 Å². The maximum absolute atomic E-state index is 12.6. The molecular weight excluding hydrogens is 352 g/mol. The molecule has 0 radical (unpaired) electrons. The van der Waals surface area contributed by atoms with Crippen molar-refractivity contribution in [1.29, 1.82) is 0 Å². The number of carbonyl (C=O) groups is 1. The maximum Gasteiger partial charge on any atom is 0.240 e. The van der Waals surface area contributed by atoms with Crippen molar-refractivity contribution in [3.8, 4) is 11.5 Å². The van der Waals surface area contributed by atoms with Crippen LogP contribution >= 0.6 is 0 Å². The molecule has 1 spiro atoms. The van der Waals surface area contributed by atoms with Gasteiger partial charge in [0.2, 0.25) is 5.91 Å². The van der Waals surface area contributed by atoms with Crippen molar-refractivity contribution in [2.45, 2.75) is 44.4 Å². The van der Waals surface area contributed by atoms with Gasteiger partial charge in [0.1, 0.15) is 23.6 Å². The number of hydrogen-bond donors (Lipinski definition) is 1. The highest BCUT2D eigenvalue weighted by molar-refractivity contribution is 5.87. The number of likely N-dealkylation sites (tertiary alicyclic amines) is 1. The summed E-state index contributed by atoms with van der Waals surface area (Å²) in [6.07, 6.45) is 4.00. The molecule has 1 amide bonds. The minimum Gasteiger partial charge on any atom is -0.496 e. The Kier molecular flexibility index (Phi) is 5.53. The summed E-state index contributed by atoms with van der Waals surface area (Å²) >= 11 is 0. The van der Waals surface area contributed by atoms with E-state index in [2.05, 4.69) is 16.3 Å². The molecule has 0 saturated carbocycles. The fourth-order valence-corrected chi connectivity index (χ4v) is 4.46. The Hall–Kier alpha value is -2.53. The largest absolute Gasteiger partial charge is 0.496 e. The van der Waals surface area contributed by atoms with Crippen LogP contribution in [-0.2, 0) is 17.9 Å². The second kappa shape index (κ2) is 8.23. The molecular formula is C23H28N2O3. The third-order valence-corrected chi connectivity index (χ3v) is 5.97. The van der Waals surface area contributed by atoms with Gasteiger partial charge in [-0.2, -0.15) is 0 Å². The molecule has 2 heterocycles. The molecule has 4 rings (SSSR count). The van der Waals surface area contributed by atoms with Gasteiger partial charge in [0.05, 0.1) is 7.11 Å². The van der Waals surface area contributed by atoms with Crippen LogP contribution in [0.2, 0.25) is 0 Å². The van der Waals surface area contributed by atoms with Gasteiger partial charge >= 0.3 is 0 Å². The SMILES string of the molecule is COc1cc(OCc2ccccc2)ccc1CN1CCCC12CCCNC2=O. The topological polar surface area (TPSA) is 50.8 Å². The van der Waals surface area contributed by atoms with Gasteiger partial charge in [0, 0.05) is 24.7 Å². The van der Waals surface area contributed by atoms with E-state index in [1.165, 1.54) is 0 Å². The lowest BCUT2D eigenvalue weighted by atomic mass is 9.86. The van der Waals surface area contributed by atoms with Crippen molar-refractivity contribution >= 4 is 5.91 Å². The van der Waals surface area contributed by atoms with Gasteiger partial charge in [-0.25, -0.2) is 0 Å². The number of benzene rings is 2. The van der Waals surface area contributed by atoms with Crippen LogP contribution in [0.5, 0.6) is 11.5 Å². The number of methoxy groups -OCH3 is 1. The van der Waals surface area contributed by atoms with Crippen LogP contribution in [-0.4, -0.2) is 36.5 Å².